The fourth-order valence-corrected chi connectivity index (χ4v) is 3.54. The fraction of sp³-hybridized carbons (Fsp3) is 0.562. The summed E-state index contributed by atoms with van der Waals surface area (Å²) in [6.07, 6.45) is 0.888. The minimum absolute atomic E-state index is 0.0772. The molecule has 26 heavy (non-hydrogen) atoms. The van der Waals surface area contributed by atoms with Crippen molar-refractivity contribution in [1.29, 1.82) is 0 Å². The molecule has 0 bridgehead atoms. The van der Waals surface area contributed by atoms with Gasteiger partial charge in [0.2, 0.25) is 15.9 Å². The number of nitrogens with zero attached hydrogens (tertiary/aromatic N) is 4. The highest BCUT2D eigenvalue weighted by Gasteiger charge is 2.24. The number of fused-ring (bicyclic) bond motifs is 1. The monoisotopic (exact) mass is 383 g/mol. The van der Waals surface area contributed by atoms with Gasteiger partial charge in [-0.25, -0.2) is 13.1 Å². The number of benzene rings is 1. The maximum atomic E-state index is 12.7. The fourth-order valence-electron chi connectivity index (χ4n) is 2.40. The van der Waals surface area contributed by atoms with Crippen LogP contribution in [0.1, 0.15) is 26.3 Å². The molecule has 0 fully saturated rings. The van der Waals surface area contributed by atoms with E-state index in [1.165, 1.54) is 26.3 Å². The van der Waals surface area contributed by atoms with Crippen LogP contribution in [-0.2, 0) is 19.6 Å². The number of ether oxygens (including phenoxy) is 1. The first-order chi connectivity index (χ1) is 12.3. The molecule has 1 amide bonds. The van der Waals surface area contributed by atoms with E-state index in [-0.39, 0.29) is 17.5 Å². The molecule has 1 atom stereocenters. The maximum absolute atomic E-state index is 12.7. The molecule has 0 aliphatic rings. The molecule has 0 spiro atoms. The van der Waals surface area contributed by atoms with Gasteiger partial charge >= 0.3 is 0 Å². The Morgan fingerprint density at radius 2 is 2.15 bits per heavy atom. The predicted octanol–water partition coefficient (Wildman–Crippen LogP) is 0.785. The summed E-state index contributed by atoms with van der Waals surface area (Å²) in [5, 5.41) is 10.8. The second-order valence-electron chi connectivity index (χ2n) is 6.05. The Bertz CT molecular complexity index is 865. The van der Waals surface area contributed by atoms with Gasteiger partial charge in [0.25, 0.3) is 0 Å². The van der Waals surface area contributed by atoms with E-state index in [0.717, 1.165) is 16.2 Å². The van der Waals surface area contributed by atoms with Crippen molar-refractivity contribution in [1.82, 2.24) is 24.6 Å². The first kappa shape index (κ1) is 20.3. The predicted molar refractivity (Wildman–Crippen MR) is 97.2 cm³/mol. The molecular formula is C16H25N5O4S. The van der Waals surface area contributed by atoms with Gasteiger partial charge in [-0.3, -0.25) is 4.79 Å². The Kier molecular flexibility index (Phi) is 6.68. The average Bonchev–Trinajstić information content (AvgIpc) is 3.04. The van der Waals surface area contributed by atoms with Crippen LogP contribution >= 0.6 is 0 Å². The number of nitrogens with one attached hydrogen (secondary N) is 1. The number of hydrogen-bond acceptors (Lipinski definition) is 6. The number of carbonyl (C=O) groups is 1. The minimum atomic E-state index is -3.81. The van der Waals surface area contributed by atoms with Gasteiger partial charge in [0.1, 0.15) is 5.52 Å². The SMILES string of the molecule is CC[C@H](C)n1nnc2cc(S(=O)(=O)N(C)CC(=O)NCCOC)ccc21. The van der Waals surface area contributed by atoms with Gasteiger partial charge in [-0.1, -0.05) is 12.1 Å². The summed E-state index contributed by atoms with van der Waals surface area (Å²) in [5.41, 5.74) is 1.28. The second kappa shape index (κ2) is 8.56. The lowest BCUT2D eigenvalue weighted by molar-refractivity contribution is -0.121. The smallest absolute Gasteiger partial charge is 0.243 e. The number of likely N-dealkylation sites (N-methyl/N-ethyl adjacent to an activating group) is 1. The number of rotatable bonds is 9. The first-order valence-electron chi connectivity index (χ1n) is 8.38. The number of amides is 1. The van der Waals surface area contributed by atoms with Crippen molar-refractivity contribution in [3.05, 3.63) is 18.2 Å². The van der Waals surface area contributed by atoms with Crippen LogP contribution in [0, 0.1) is 0 Å². The molecule has 1 aromatic carbocycles. The van der Waals surface area contributed by atoms with Gasteiger partial charge < -0.3 is 10.1 Å². The first-order valence-corrected chi connectivity index (χ1v) is 9.82. The Labute approximate surface area is 153 Å². The van der Waals surface area contributed by atoms with Crippen molar-refractivity contribution in [3.63, 3.8) is 0 Å². The number of methoxy groups -OCH3 is 1. The molecule has 0 aliphatic carbocycles. The molecule has 1 aromatic heterocycles. The number of sulfonamides is 1. The zero-order valence-electron chi connectivity index (χ0n) is 15.5. The van der Waals surface area contributed by atoms with Crippen molar-refractivity contribution in [2.75, 3.05) is 33.9 Å². The topological polar surface area (TPSA) is 106 Å². The summed E-state index contributed by atoms with van der Waals surface area (Å²) < 4.78 is 33.0. The lowest BCUT2D eigenvalue weighted by Gasteiger charge is -2.17. The van der Waals surface area contributed by atoms with Gasteiger partial charge in [-0.2, -0.15) is 4.31 Å². The molecule has 144 valence electrons. The second-order valence-corrected chi connectivity index (χ2v) is 8.09. The molecule has 0 saturated heterocycles. The molecule has 2 rings (SSSR count). The van der Waals surface area contributed by atoms with Gasteiger partial charge in [-0.15, -0.1) is 5.10 Å². The van der Waals surface area contributed by atoms with Crippen LogP contribution in [0.2, 0.25) is 0 Å². The summed E-state index contributed by atoms with van der Waals surface area (Å²) in [6, 6.07) is 4.86. The minimum Gasteiger partial charge on any atom is -0.383 e. The number of hydrogen-bond donors (Lipinski definition) is 1. The Hall–Kier alpha value is -2.04. The van der Waals surface area contributed by atoms with Gasteiger partial charge in [0, 0.05) is 20.7 Å². The van der Waals surface area contributed by atoms with E-state index in [4.69, 9.17) is 4.74 Å². The zero-order chi connectivity index (χ0) is 19.3. The van der Waals surface area contributed by atoms with E-state index in [1.807, 2.05) is 13.8 Å². The van der Waals surface area contributed by atoms with Crippen molar-refractivity contribution in [2.24, 2.45) is 0 Å². The van der Waals surface area contributed by atoms with Gasteiger partial charge in [-0.05, 0) is 31.5 Å². The molecule has 0 saturated carbocycles. The van der Waals surface area contributed by atoms with E-state index < -0.39 is 15.9 Å². The van der Waals surface area contributed by atoms with Crippen molar-refractivity contribution in [2.45, 2.75) is 31.2 Å². The van der Waals surface area contributed by atoms with Crippen LogP contribution in [0.3, 0.4) is 0 Å². The quantitative estimate of drug-likeness (QED) is 0.642. The van der Waals surface area contributed by atoms with Crippen molar-refractivity contribution in [3.8, 4) is 0 Å². The highest BCUT2D eigenvalue weighted by molar-refractivity contribution is 7.89. The molecule has 1 heterocycles. The molecular weight excluding hydrogens is 358 g/mol. The summed E-state index contributed by atoms with van der Waals surface area (Å²) in [7, 11) is -0.918. The summed E-state index contributed by atoms with van der Waals surface area (Å²) in [6.45, 7) is 4.49. The largest absolute Gasteiger partial charge is 0.383 e. The Morgan fingerprint density at radius 3 is 2.81 bits per heavy atom. The normalized spacial score (nSPS) is 13.3. The molecule has 9 nitrogen and oxygen atoms in total. The third-order valence-electron chi connectivity index (χ3n) is 4.15. The van der Waals surface area contributed by atoms with Crippen LogP contribution in [0.5, 0.6) is 0 Å². The van der Waals surface area contributed by atoms with Crippen LogP contribution in [0.4, 0.5) is 0 Å². The average molecular weight is 383 g/mol. The van der Waals surface area contributed by atoms with Crippen molar-refractivity contribution < 1.29 is 17.9 Å². The van der Waals surface area contributed by atoms with Crippen LogP contribution in [-0.4, -0.2) is 67.5 Å². The van der Waals surface area contributed by atoms with Crippen molar-refractivity contribution >= 4 is 27.0 Å². The van der Waals surface area contributed by atoms with E-state index in [0.29, 0.717) is 18.7 Å². The van der Waals surface area contributed by atoms with Gasteiger partial charge in [0.15, 0.2) is 0 Å². The van der Waals surface area contributed by atoms with Gasteiger partial charge in [0.05, 0.1) is 29.6 Å². The number of aromatic nitrogens is 3. The highest BCUT2D eigenvalue weighted by atomic mass is 32.2. The highest BCUT2D eigenvalue weighted by Crippen LogP contribution is 2.22. The Balaban J connectivity index is 2.19. The lowest BCUT2D eigenvalue weighted by atomic mass is 10.2. The summed E-state index contributed by atoms with van der Waals surface area (Å²) >= 11 is 0. The lowest BCUT2D eigenvalue weighted by Crippen LogP contribution is -2.39. The third kappa shape index (κ3) is 4.37. The van der Waals surface area contributed by atoms with Crippen LogP contribution in [0.25, 0.3) is 11.0 Å². The zero-order valence-corrected chi connectivity index (χ0v) is 16.3. The summed E-state index contributed by atoms with van der Waals surface area (Å²) in [4.78, 5) is 11.9. The van der Waals surface area contributed by atoms with E-state index in [2.05, 4.69) is 15.6 Å². The molecule has 0 radical (unpaired) electrons. The molecule has 1 N–H and O–H groups in total. The third-order valence-corrected chi connectivity index (χ3v) is 5.95. The number of carbonyl (C=O) groups excluding carboxylic acids is 1. The standard InChI is InChI=1S/C16H25N5O4S/c1-5-12(2)21-15-7-6-13(10-14(15)18-19-21)26(23,24)20(3)11-16(22)17-8-9-25-4/h6-7,10,12H,5,8-9,11H2,1-4H3,(H,17,22)/t12-/m0/s1. The summed E-state index contributed by atoms with van der Waals surface area (Å²) in [5.74, 6) is -0.392. The molecule has 10 heteroatoms. The van der Waals surface area contributed by atoms with E-state index >= 15 is 0 Å². The molecule has 2 aromatic rings. The van der Waals surface area contributed by atoms with E-state index in [1.54, 1.807) is 10.7 Å². The molecule has 0 aliphatic heterocycles. The maximum Gasteiger partial charge on any atom is 0.243 e. The Morgan fingerprint density at radius 1 is 1.42 bits per heavy atom. The van der Waals surface area contributed by atoms with Crippen LogP contribution in [0.15, 0.2) is 23.1 Å². The molecule has 0 unspecified atom stereocenters. The van der Waals surface area contributed by atoms with Crippen LogP contribution < -0.4 is 5.32 Å². The van der Waals surface area contributed by atoms with E-state index in [9.17, 15) is 13.2 Å².